The first-order valence-electron chi connectivity index (χ1n) is 14.8. The lowest BCUT2D eigenvalue weighted by atomic mass is 10.0. The molecule has 0 saturated heterocycles. The van der Waals surface area contributed by atoms with Crippen molar-refractivity contribution in [1.82, 2.24) is 10.2 Å². The number of hydrogen-bond donors (Lipinski definition) is 1. The highest BCUT2D eigenvalue weighted by molar-refractivity contribution is 7.92. The fourth-order valence-electron chi connectivity index (χ4n) is 4.97. The van der Waals surface area contributed by atoms with Gasteiger partial charge < -0.3 is 10.2 Å². The Labute approximate surface area is 278 Å². The van der Waals surface area contributed by atoms with Crippen molar-refractivity contribution in [1.29, 1.82) is 0 Å². The quantitative estimate of drug-likeness (QED) is 0.174. The molecular formula is C35H35ClF3N3O4S. The smallest absolute Gasteiger partial charge is 0.352 e. The van der Waals surface area contributed by atoms with Gasteiger partial charge in [0.1, 0.15) is 12.6 Å². The molecule has 0 radical (unpaired) electrons. The van der Waals surface area contributed by atoms with Crippen molar-refractivity contribution in [3.63, 3.8) is 0 Å². The van der Waals surface area contributed by atoms with E-state index in [4.69, 9.17) is 11.6 Å². The van der Waals surface area contributed by atoms with Crippen LogP contribution in [0.5, 0.6) is 0 Å². The molecule has 4 aromatic rings. The van der Waals surface area contributed by atoms with Crippen molar-refractivity contribution in [2.45, 2.75) is 56.9 Å². The number of carbonyl (C=O) groups excluding carboxylic acids is 2. The first-order chi connectivity index (χ1) is 22.1. The highest BCUT2D eigenvalue weighted by Crippen LogP contribution is 2.33. The van der Waals surface area contributed by atoms with Gasteiger partial charge in [0.05, 0.1) is 16.1 Å². The number of halogens is 4. The van der Waals surface area contributed by atoms with Gasteiger partial charge in [-0.3, -0.25) is 13.9 Å². The van der Waals surface area contributed by atoms with Crippen LogP contribution in [0.1, 0.15) is 36.1 Å². The molecule has 0 unspecified atom stereocenters. The van der Waals surface area contributed by atoms with Gasteiger partial charge in [0.25, 0.3) is 10.0 Å². The van der Waals surface area contributed by atoms with Gasteiger partial charge in [-0.05, 0) is 74.4 Å². The second-order valence-electron chi connectivity index (χ2n) is 11.4. The third-order valence-electron chi connectivity index (χ3n) is 7.29. The van der Waals surface area contributed by atoms with Crippen LogP contribution >= 0.6 is 11.6 Å². The zero-order chi connectivity index (χ0) is 34.4. The van der Waals surface area contributed by atoms with Gasteiger partial charge >= 0.3 is 6.18 Å². The van der Waals surface area contributed by atoms with Crippen LogP contribution in [0.3, 0.4) is 0 Å². The lowest BCUT2D eigenvalue weighted by Gasteiger charge is -2.34. The van der Waals surface area contributed by atoms with Crippen molar-refractivity contribution < 1.29 is 31.2 Å². The van der Waals surface area contributed by atoms with Crippen LogP contribution in [0.4, 0.5) is 18.9 Å². The van der Waals surface area contributed by atoms with Gasteiger partial charge in [-0.15, -0.1) is 0 Å². The predicted molar refractivity (Wildman–Crippen MR) is 176 cm³/mol. The van der Waals surface area contributed by atoms with Crippen molar-refractivity contribution in [2.75, 3.05) is 10.8 Å². The lowest BCUT2D eigenvalue weighted by Crippen LogP contribution is -2.54. The minimum absolute atomic E-state index is 0.0833. The number of amides is 2. The highest BCUT2D eigenvalue weighted by Gasteiger charge is 2.36. The molecule has 0 fully saturated rings. The van der Waals surface area contributed by atoms with Gasteiger partial charge in [-0.25, -0.2) is 8.42 Å². The molecule has 0 aliphatic heterocycles. The maximum absolute atomic E-state index is 14.4. The minimum Gasteiger partial charge on any atom is -0.352 e. The maximum Gasteiger partial charge on any atom is 0.416 e. The number of aryl methyl sites for hydroxylation is 1. The third-order valence-corrected chi connectivity index (χ3v) is 9.32. The fourth-order valence-corrected chi connectivity index (χ4v) is 6.59. The molecule has 7 nitrogen and oxygen atoms in total. The van der Waals surface area contributed by atoms with Crippen molar-refractivity contribution in [2.24, 2.45) is 0 Å². The van der Waals surface area contributed by atoms with E-state index in [1.54, 1.807) is 81.4 Å². The number of alkyl halides is 3. The van der Waals surface area contributed by atoms with E-state index in [9.17, 15) is 31.2 Å². The van der Waals surface area contributed by atoms with E-state index in [2.05, 4.69) is 5.32 Å². The van der Waals surface area contributed by atoms with Crippen LogP contribution < -0.4 is 9.62 Å². The van der Waals surface area contributed by atoms with Crippen molar-refractivity contribution in [3.05, 3.63) is 130 Å². The second-order valence-corrected chi connectivity index (χ2v) is 13.7. The SMILES string of the molecule is Cc1ccc(S(=O)(=O)N(CC(=O)N(Cc2cccc(Cl)c2)[C@H](Cc2ccccc2)C(=O)NC(C)C)c2cccc(C(F)(F)F)c2)cc1. The number of benzene rings is 4. The Kier molecular flexibility index (Phi) is 11.4. The zero-order valence-electron chi connectivity index (χ0n) is 26.0. The molecule has 1 atom stereocenters. The standard InChI is InChI=1S/C35H35ClF3N3O4S/c1-24(2)40-34(44)32(20-26-9-5-4-6-10-26)41(22-27-11-7-13-29(36)19-27)33(43)23-42(30-14-8-12-28(21-30)35(37,38)39)47(45,46)31-17-15-25(3)16-18-31/h4-19,21,24,32H,20,22-23H2,1-3H3,(H,40,44)/t32-/m1/s1. The van der Waals surface area contributed by atoms with Gasteiger partial charge in [-0.2, -0.15) is 13.2 Å². The number of sulfonamides is 1. The monoisotopic (exact) mass is 685 g/mol. The van der Waals surface area contributed by atoms with E-state index in [1.165, 1.54) is 23.1 Å². The van der Waals surface area contributed by atoms with E-state index in [0.29, 0.717) is 21.0 Å². The summed E-state index contributed by atoms with van der Waals surface area (Å²) in [6.07, 6.45) is -4.69. The summed E-state index contributed by atoms with van der Waals surface area (Å²) in [5.74, 6) is -1.29. The summed E-state index contributed by atoms with van der Waals surface area (Å²) >= 11 is 6.24. The Morgan fingerprint density at radius 2 is 1.49 bits per heavy atom. The molecular weight excluding hydrogens is 651 g/mol. The first kappa shape index (κ1) is 35.5. The molecule has 0 spiro atoms. The number of rotatable bonds is 12. The molecule has 0 aromatic heterocycles. The molecule has 0 aliphatic carbocycles. The average Bonchev–Trinajstić information content (AvgIpc) is 3.01. The normalized spacial score (nSPS) is 12.4. The Hall–Kier alpha value is -4.35. The molecule has 0 aliphatic rings. The van der Waals surface area contributed by atoms with Gasteiger partial charge in [-0.1, -0.05) is 77.8 Å². The fraction of sp³-hybridized carbons (Fsp3) is 0.257. The van der Waals surface area contributed by atoms with Gasteiger partial charge in [0.15, 0.2) is 0 Å². The summed E-state index contributed by atoms with van der Waals surface area (Å²) < 4.78 is 70.1. The second kappa shape index (κ2) is 15.0. The first-order valence-corrected chi connectivity index (χ1v) is 16.6. The summed E-state index contributed by atoms with van der Waals surface area (Å²) in [5, 5.41) is 3.23. The highest BCUT2D eigenvalue weighted by atomic mass is 35.5. The Morgan fingerprint density at radius 1 is 0.851 bits per heavy atom. The zero-order valence-corrected chi connectivity index (χ0v) is 27.6. The van der Waals surface area contributed by atoms with E-state index in [0.717, 1.165) is 23.3 Å². The van der Waals surface area contributed by atoms with E-state index >= 15 is 0 Å². The molecule has 0 heterocycles. The molecule has 1 N–H and O–H groups in total. The Morgan fingerprint density at radius 3 is 2.11 bits per heavy atom. The van der Waals surface area contributed by atoms with Gasteiger partial charge in [0.2, 0.25) is 11.8 Å². The lowest BCUT2D eigenvalue weighted by molar-refractivity contribution is -0.140. The minimum atomic E-state index is -4.77. The van der Waals surface area contributed by atoms with Crippen LogP contribution in [-0.2, 0) is 38.8 Å². The van der Waals surface area contributed by atoms with E-state index in [-0.39, 0.29) is 29.6 Å². The van der Waals surface area contributed by atoms with Crippen LogP contribution in [0.15, 0.2) is 108 Å². The maximum atomic E-state index is 14.4. The van der Waals surface area contributed by atoms with Gasteiger partial charge in [0, 0.05) is 24.0 Å². The van der Waals surface area contributed by atoms with Crippen LogP contribution in [0.25, 0.3) is 0 Å². The molecule has 0 saturated carbocycles. The molecule has 248 valence electrons. The van der Waals surface area contributed by atoms with E-state index in [1.807, 2.05) is 6.07 Å². The Balaban J connectivity index is 1.85. The average molecular weight is 686 g/mol. The summed E-state index contributed by atoms with van der Waals surface area (Å²) in [4.78, 5) is 29.2. The molecule has 4 rings (SSSR count). The number of nitrogens with zero attached hydrogens (tertiary/aromatic N) is 2. The van der Waals surface area contributed by atoms with Crippen LogP contribution in [0.2, 0.25) is 5.02 Å². The summed E-state index contributed by atoms with van der Waals surface area (Å²) in [6.45, 7) is 4.27. The van der Waals surface area contributed by atoms with Crippen molar-refractivity contribution in [3.8, 4) is 0 Å². The Bertz CT molecular complexity index is 1800. The van der Waals surface area contributed by atoms with Crippen LogP contribution in [0, 0.1) is 6.92 Å². The number of hydrogen-bond acceptors (Lipinski definition) is 4. The largest absolute Gasteiger partial charge is 0.416 e. The predicted octanol–water partition coefficient (Wildman–Crippen LogP) is 7.03. The van der Waals surface area contributed by atoms with E-state index < -0.39 is 46.2 Å². The molecule has 12 heteroatoms. The summed E-state index contributed by atoms with van der Waals surface area (Å²) in [6, 6.07) is 23.8. The summed E-state index contributed by atoms with van der Waals surface area (Å²) in [5.41, 5.74) is 0.622. The third kappa shape index (κ3) is 9.36. The van der Waals surface area contributed by atoms with Crippen molar-refractivity contribution >= 4 is 39.1 Å². The molecule has 0 bridgehead atoms. The molecule has 47 heavy (non-hydrogen) atoms. The molecule has 2 amide bonds. The molecule has 4 aromatic carbocycles. The topological polar surface area (TPSA) is 86.8 Å². The number of nitrogens with one attached hydrogen (secondary N) is 1. The number of carbonyl (C=O) groups is 2. The summed E-state index contributed by atoms with van der Waals surface area (Å²) in [7, 11) is -4.57. The number of anilines is 1. The van der Waals surface area contributed by atoms with Crippen LogP contribution in [-0.4, -0.2) is 43.8 Å².